The summed E-state index contributed by atoms with van der Waals surface area (Å²) >= 11 is 1.82. The number of methoxy groups -OCH3 is 1. The highest BCUT2D eigenvalue weighted by Crippen LogP contribution is 2.40. The van der Waals surface area contributed by atoms with Gasteiger partial charge in [-0.15, -0.1) is 11.3 Å². The zero-order chi connectivity index (χ0) is 20.3. The number of aromatic nitrogens is 3. The normalized spacial score (nSPS) is 14.0. The van der Waals surface area contributed by atoms with Crippen molar-refractivity contribution in [1.82, 2.24) is 15.0 Å². The number of anilines is 2. The topological polar surface area (TPSA) is 59.9 Å². The van der Waals surface area contributed by atoms with Gasteiger partial charge in [0.15, 0.2) is 5.82 Å². The van der Waals surface area contributed by atoms with Crippen LogP contribution in [0.25, 0.3) is 21.6 Å². The fourth-order valence-electron chi connectivity index (χ4n) is 4.10. The van der Waals surface area contributed by atoms with Gasteiger partial charge >= 0.3 is 0 Å². The van der Waals surface area contributed by atoms with Crippen molar-refractivity contribution < 1.29 is 4.74 Å². The minimum atomic E-state index is 0.696. The number of thiophene rings is 1. The SMILES string of the molecule is COc1ccccc1Nc1nc(-c2cccnc2)nc2sc3c(c12)CCCCCC3. The summed E-state index contributed by atoms with van der Waals surface area (Å²) in [5, 5.41) is 4.72. The highest BCUT2D eigenvalue weighted by atomic mass is 32.1. The summed E-state index contributed by atoms with van der Waals surface area (Å²) in [6.07, 6.45) is 10.9. The third kappa shape index (κ3) is 3.63. The first-order valence-corrected chi connectivity index (χ1v) is 11.3. The minimum Gasteiger partial charge on any atom is -0.495 e. The van der Waals surface area contributed by atoms with Crippen LogP contribution >= 0.6 is 11.3 Å². The molecule has 152 valence electrons. The van der Waals surface area contributed by atoms with E-state index < -0.39 is 0 Å². The van der Waals surface area contributed by atoms with E-state index in [1.165, 1.54) is 36.1 Å². The minimum absolute atomic E-state index is 0.696. The average Bonchev–Trinajstić information content (AvgIpc) is 3.11. The molecule has 0 unspecified atom stereocenters. The Labute approximate surface area is 180 Å². The molecule has 1 aliphatic carbocycles. The van der Waals surface area contributed by atoms with E-state index in [1.54, 1.807) is 13.3 Å². The maximum absolute atomic E-state index is 5.56. The lowest BCUT2D eigenvalue weighted by Gasteiger charge is -2.14. The summed E-state index contributed by atoms with van der Waals surface area (Å²) in [4.78, 5) is 16.7. The number of rotatable bonds is 4. The average molecular weight is 417 g/mol. The Kier molecular flexibility index (Phi) is 5.32. The van der Waals surface area contributed by atoms with Crippen LogP contribution in [0.1, 0.15) is 36.1 Å². The van der Waals surface area contributed by atoms with Gasteiger partial charge in [0.2, 0.25) is 0 Å². The van der Waals surface area contributed by atoms with Crippen molar-refractivity contribution in [2.24, 2.45) is 0 Å². The second-order valence-corrected chi connectivity index (χ2v) is 8.64. The summed E-state index contributed by atoms with van der Waals surface area (Å²) in [5.74, 6) is 2.34. The Bertz CT molecular complexity index is 1170. The fraction of sp³-hybridized carbons (Fsp3) is 0.292. The van der Waals surface area contributed by atoms with Crippen molar-refractivity contribution in [3.05, 3.63) is 59.2 Å². The molecular weight excluding hydrogens is 392 g/mol. The third-order valence-corrected chi connectivity index (χ3v) is 6.78. The number of para-hydroxylation sites is 2. The van der Waals surface area contributed by atoms with Crippen molar-refractivity contribution in [1.29, 1.82) is 0 Å². The molecule has 1 aromatic carbocycles. The van der Waals surface area contributed by atoms with Gasteiger partial charge in [0.1, 0.15) is 16.4 Å². The Hall–Kier alpha value is -2.99. The number of nitrogens with one attached hydrogen (secondary N) is 1. The number of nitrogens with zero attached hydrogens (tertiary/aromatic N) is 3. The first-order chi connectivity index (χ1) is 14.8. The molecule has 6 heteroatoms. The highest BCUT2D eigenvalue weighted by Gasteiger charge is 2.21. The number of hydrogen-bond acceptors (Lipinski definition) is 6. The lowest BCUT2D eigenvalue weighted by molar-refractivity contribution is 0.417. The molecule has 3 heterocycles. The number of benzene rings is 1. The largest absolute Gasteiger partial charge is 0.495 e. The molecule has 0 atom stereocenters. The van der Waals surface area contributed by atoms with Crippen molar-refractivity contribution in [3.63, 3.8) is 0 Å². The second-order valence-electron chi connectivity index (χ2n) is 7.56. The smallest absolute Gasteiger partial charge is 0.164 e. The highest BCUT2D eigenvalue weighted by molar-refractivity contribution is 7.19. The molecule has 0 radical (unpaired) electrons. The molecule has 0 bridgehead atoms. The summed E-state index contributed by atoms with van der Waals surface area (Å²) in [6.45, 7) is 0. The van der Waals surface area contributed by atoms with Crippen LogP contribution in [0.15, 0.2) is 48.8 Å². The molecule has 5 rings (SSSR count). The Morgan fingerprint density at radius 3 is 2.67 bits per heavy atom. The van der Waals surface area contributed by atoms with Crippen LogP contribution in [0, 0.1) is 0 Å². The summed E-state index contributed by atoms with van der Waals surface area (Å²) in [6, 6.07) is 11.9. The Morgan fingerprint density at radius 2 is 1.83 bits per heavy atom. The van der Waals surface area contributed by atoms with Crippen LogP contribution in [0.2, 0.25) is 0 Å². The zero-order valence-electron chi connectivity index (χ0n) is 17.0. The number of aryl methyl sites for hydroxylation is 2. The van der Waals surface area contributed by atoms with Gasteiger partial charge in [-0.25, -0.2) is 9.97 Å². The molecule has 1 aliphatic rings. The molecule has 0 aliphatic heterocycles. The van der Waals surface area contributed by atoms with Crippen LogP contribution < -0.4 is 10.1 Å². The Balaban J connectivity index is 1.70. The Morgan fingerprint density at radius 1 is 0.967 bits per heavy atom. The molecule has 3 aromatic heterocycles. The van der Waals surface area contributed by atoms with Gasteiger partial charge in [-0.3, -0.25) is 4.98 Å². The van der Waals surface area contributed by atoms with Crippen LogP contribution in [-0.4, -0.2) is 22.1 Å². The molecule has 0 saturated carbocycles. The van der Waals surface area contributed by atoms with Crippen molar-refractivity contribution in [3.8, 4) is 17.1 Å². The van der Waals surface area contributed by atoms with E-state index in [0.717, 1.165) is 45.9 Å². The first-order valence-electron chi connectivity index (χ1n) is 10.5. The summed E-state index contributed by atoms with van der Waals surface area (Å²) in [7, 11) is 1.69. The van der Waals surface area contributed by atoms with Crippen LogP contribution in [0.5, 0.6) is 5.75 Å². The number of hydrogen-bond donors (Lipinski definition) is 1. The van der Waals surface area contributed by atoms with E-state index in [0.29, 0.717) is 5.82 Å². The predicted molar refractivity (Wildman–Crippen MR) is 123 cm³/mol. The second kappa shape index (κ2) is 8.40. The van der Waals surface area contributed by atoms with Gasteiger partial charge < -0.3 is 10.1 Å². The van der Waals surface area contributed by atoms with Gasteiger partial charge in [-0.1, -0.05) is 25.0 Å². The molecule has 0 fully saturated rings. The summed E-state index contributed by atoms with van der Waals surface area (Å²) < 4.78 is 5.56. The van der Waals surface area contributed by atoms with Crippen molar-refractivity contribution >= 4 is 33.1 Å². The molecule has 0 saturated heterocycles. The van der Waals surface area contributed by atoms with Crippen LogP contribution in [-0.2, 0) is 12.8 Å². The maximum Gasteiger partial charge on any atom is 0.164 e. The van der Waals surface area contributed by atoms with Gasteiger partial charge in [0.25, 0.3) is 0 Å². The first kappa shape index (κ1) is 19.0. The molecule has 30 heavy (non-hydrogen) atoms. The molecular formula is C24H24N4OS. The van der Waals surface area contributed by atoms with Gasteiger partial charge in [0, 0.05) is 22.8 Å². The van der Waals surface area contributed by atoms with Crippen molar-refractivity contribution in [2.45, 2.75) is 38.5 Å². The molecule has 0 amide bonds. The number of pyridine rings is 1. The zero-order valence-corrected chi connectivity index (χ0v) is 17.8. The maximum atomic E-state index is 5.56. The lowest BCUT2D eigenvalue weighted by atomic mass is 9.98. The molecule has 1 N–H and O–H groups in total. The third-order valence-electron chi connectivity index (χ3n) is 5.59. The van der Waals surface area contributed by atoms with E-state index in [4.69, 9.17) is 14.7 Å². The number of fused-ring (bicyclic) bond motifs is 3. The van der Waals surface area contributed by atoms with E-state index in [-0.39, 0.29) is 0 Å². The van der Waals surface area contributed by atoms with Crippen LogP contribution in [0.3, 0.4) is 0 Å². The summed E-state index contributed by atoms with van der Waals surface area (Å²) in [5.41, 5.74) is 3.25. The fourth-order valence-corrected chi connectivity index (χ4v) is 5.36. The molecule has 0 spiro atoms. The lowest BCUT2D eigenvalue weighted by Crippen LogP contribution is -2.02. The van der Waals surface area contributed by atoms with E-state index in [1.807, 2.05) is 53.9 Å². The number of ether oxygens (including phenoxy) is 1. The van der Waals surface area contributed by atoms with Crippen molar-refractivity contribution in [2.75, 3.05) is 12.4 Å². The predicted octanol–water partition coefficient (Wildman–Crippen LogP) is 6.16. The van der Waals surface area contributed by atoms with Crippen LogP contribution in [0.4, 0.5) is 11.5 Å². The van der Waals surface area contributed by atoms with Gasteiger partial charge in [0.05, 0.1) is 18.2 Å². The standard InChI is InChI=1S/C24H24N4OS/c1-29-19-12-7-6-11-18(19)26-23-21-17-10-4-2-3-5-13-20(17)30-24(21)28-22(27-23)16-9-8-14-25-15-16/h6-9,11-12,14-15H,2-5,10,13H2,1H3,(H,26,27,28). The van der Waals surface area contributed by atoms with Gasteiger partial charge in [-0.2, -0.15) is 0 Å². The molecule has 4 aromatic rings. The molecule has 5 nitrogen and oxygen atoms in total. The van der Waals surface area contributed by atoms with E-state index in [2.05, 4.69) is 10.3 Å². The monoisotopic (exact) mass is 416 g/mol. The van der Waals surface area contributed by atoms with E-state index in [9.17, 15) is 0 Å². The van der Waals surface area contributed by atoms with E-state index >= 15 is 0 Å². The quantitative estimate of drug-likeness (QED) is 0.431. The van der Waals surface area contributed by atoms with Gasteiger partial charge in [-0.05, 0) is 55.5 Å².